The van der Waals surface area contributed by atoms with Gasteiger partial charge in [-0.25, -0.2) is 9.67 Å². The maximum absolute atomic E-state index is 11.3. The molecule has 3 N–H and O–H groups in total. The van der Waals surface area contributed by atoms with Gasteiger partial charge in [-0.1, -0.05) is 5.16 Å². The van der Waals surface area contributed by atoms with E-state index < -0.39 is 5.97 Å². The molecule has 2 aromatic rings. The van der Waals surface area contributed by atoms with Crippen LogP contribution in [0.15, 0.2) is 17.5 Å². The van der Waals surface area contributed by atoms with Crippen molar-refractivity contribution in [3.05, 3.63) is 18.0 Å². The van der Waals surface area contributed by atoms with E-state index in [0.717, 1.165) is 73.1 Å². The summed E-state index contributed by atoms with van der Waals surface area (Å²) in [6.07, 6.45) is 10.2. The molecule has 0 amide bonds. The highest BCUT2D eigenvalue weighted by Crippen LogP contribution is 2.41. The zero-order valence-corrected chi connectivity index (χ0v) is 18.5. The van der Waals surface area contributed by atoms with Crippen molar-refractivity contribution >= 4 is 28.4 Å². The number of hydrogen-bond donors (Lipinski definition) is 3. The summed E-state index contributed by atoms with van der Waals surface area (Å²) in [4.78, 5) is 22.0. The first-order valence-electron chi connectivity index (χ1n) is 11.8. The van der Waals surface area contributed by atoms with Crippen molar-refractivity contribution in [3.8, 4) is 0 Å². The van der Waals surface area contributed by atoms with Crippen LogP contribution in [-0.2, 0) is 16.2 Å². The molecule has 9 nitrogen and oxygen atoms in total. The fourth-order valence-corrected chi connectivity index (χ4v) is 5.38. The maximum atomic E-state index is 11.3. The number of nitrogens with one attached hydrogen (secondary N) is 1. The molecule has 2 aromatic heterocycles. The molecule has 0 saturated heterocycles. The average Bonchev–Trinajstić information content (AvgIpc) is 3.41. The predicted molar refractivity (Wildman–Crippen MR) is 120 cm³/mol. The van der Waals surface area contributed by atoms with Gasteiger partial charge in [-0.05, 0) is 58.3 Å². The highest BCUT2D eigenvalue weighted by Gasteiger charge is 2.43. The number of carbonyl (C=O) groups is 1. The number of oxime groups is 1. The van der Waals surface area contributed by atoms with Crippen molar-refractivity contribution in [1.29, 1.82) is 0 Å². The second kappa shape index (κ2) is 8.35. The standard InChI is InChI=1S/C23H31N5O4/c1-2-28-21-18(13-25-28)20(26-15-5-3-14(4-6-15)22(30)31)17(12-24-21)19-11-23(32-27-19)9-7-16(29)8-10-23/h12-16,29H,2-11H2,1H3,(H,24,26)(H,30,31). The van der Waals surface area contributed by atoms with E-state index in [1.165, 1.54) is 0 Å². The number of rotatable bonds is 5. The van der Waals surface area contributed by atoms with Gasteiger partial charge in [0.15, 0.2) is 5.65 Å². The third kappa shape index (κ3) is 3.83. The van der Waals surface area contributed by atoms with Crippen molar-refractivity contribution < 1.29 is 19.8 Å². The average molecular weight is 442 g/mol. The molecule has 0 aromatic carbocycles. The summed E-state index contributed by atoms with van der Waals surface area (Å²) in [5, 5.41) is 32.9. The highest BCUT2D eigenvalue weighted by molar-refractivity contribution is 6.10. The summed E-state index contributed by atoms with van der Waals surface area (Å²) in [7, 11) is 0. The van der Waals surface area contributed by atoms with Crippen LogP contribution in [0.4, 0.5) is 5.69 Å². The Morgan fingerprint density at radius 3 is 2.66 bits per heavy atom. The molecule has 2 saturated carbocycles. The molecule has 2 aliphatic carbocycles. The summed E-state index contributed by atoms with van der Waals surface area (Å²) in [5.74, 6) is -0.943. The van der Waals surface area contributed by atoms with Gasteiger partial charge < -0.3 is 20.4 Å². The lowest BCUT2D eigenvalue weighted by Crippen LogP contribution is -2.36. The zero-order valence-electron chi connectivity index (χ0n) is 18.5. The Bertz CT molecular complexity index is 1030. The van der Waals surface area contributed by atoms with Crippen molar-refractivity contribution in [2.24, 2.45) is 11.1 Å². The van der Waals surface area contributed by atoms with Crippen LogP contribution in [-0.4, -0.2) is 54.4 Å². The van der Waals surface area contributed by atoms with E-state index in [2.05, 4.69) is 15.6 Å². The van der Waals surface area contributed by atoms with E-state index in [0.29, 0.717) is 19.3 Å². The van der Waals surface area contributed by atoms with Crippen LogP contribution in [0.25, 0.3) is 11.0 Å². The summed E-state index contributed by atoms with van der Waals surface area (Å²) in [6.45, 7) is 2.77. The molecule has 2 fully saturated rings. The molecular weight excluding hydrogens is 410 g/mol. The molecule has 3 aliphatic rings. The number of aliphatic carboxylic acids is 1. The van der Waals surface area contributed by atoms with Crippen molar-refractivity contribution in [1.82, 2.24) is 14.8 Å². The van der Waals surface area contributed by atoms with Gasteiger partial charge in [0.05, 0.1) is 35.0 Å². The number of aliphatic hydroxyl groups is 1. The number of aromatic nitrogens is 3. The fraction of sp³-hybridized carbons (Fsp3) is 0.652. The SMILES string of the molecule is CCn1ncc2c(NC3CCC(C(=O)O)CC3)c(C3=NOC4(CCC(O)CC4)C3)cnc21. The van der Waals surface area contributed by atoms with Gasteiger partial charge in [-0.3, -0.25) is 4.79 Å². The molecule has 0 radical (unpaired) electrons. The molecule has 0 bridgehead atoms. The minimum absolute atomic E-state index is 0.196. The molecule has 1 spiro atoms. The van der Waals surface area contributed by atoms with E-state index in [-0.39, 0.29) is 23.7 Å². The van der Waals surface area contributed by atoms with Gasteiger partial charge in [0.25, 0.3) is 0 Å². The summed E-state index contributed by atoms with van der Waals surface area (Å²) in [5.41, 5.74) is 3.27. The minimum Gasteiger partial charge on any atom is -0.481 e. The van der Waals surface area contributed by atoms with Gasteiger partial charge in [0.2, 0.25) is 0 Å². The van der Waals surface area contributed by atoms with Gasteiger partial charge >= 0.3 is 5.97 Å². The lowest BCUT2D eigenvalue weighted by Gasteiger charge is -2.33. The number of aliphatic hydroxyl groups excluding tert-OH is 1. The second-order valence-corrected chi connectivity index (χ2v) is 9.50. The number of anilines is 1. The largest absolute Gasteiger partial charge is 0.481 e. The highest BCUT2D eigenvalue weighted by atomic mass is 16.7. The topological polar surface area (TPSA) is 122 Å². The number of nitrogens with zero attached hydrogens (tertiary/aromatic N) is 4. The van der Waals surface area contributed by atoms with Gasteiger partial charge in [0, 0.05) is 30.8 Å². The van der Waals surface area contributed by atoms with Crippen LogP contribution in [0, 0.1) is 5.92 Å². The molecule has 1 aliphatic heterocycles. The van der Waals surface area contributed by atoms with Gasteiger partial charge in [-0.2, -0.15) is 5.10 Å². The van der Waals surface area contributed by atoms with Crippen LogP contribution in [0.3, 0.4) is 0 Å². The Labute approximate surface area is 186 Å². The number of aryl methyl sites for hydroxylation is 1. The van der Waals surface area contributed by atoms with E-state index in [9.17, 15) is 15.0 Å². The van der Waals surface area contributed by atoms with Crippen molar-refractivity contribution in [2.75, 3.05) is 5.32 Å². The molecule has 0 atom stereocenters. The molecule has 0 unspecified atom stereocenters. The molecule has 172 valence electrons. The van der Waals surface area contributed by atoms with Gasteiger partial charge in [-0.15, -0.1) is 0 Å². The molecular formula is C23H31N5O4. The quantitative estimate of drug-likeness (QED) is 0.651. The number of carboxylic acid groups (broad SMARTS) is 1. The maximum Gasteiger partial charge on any atom is 0.306 e. The number of carboxylic acids is 1. The third-order valence-corrected chi connectivity index (χ3v) is 7.41. The van der Waals surface area contributed by atoms with Crippen LogP contribution in [0.1, 0.15) is 70.3 Å². The summed E-state index contributed by atoms with van der Waals surface area (Å²) >= 11 is 0. The molecule has 3 heterocycles. The van der Waals surface area contributed by atoms with Crippen LogP contribution in [0.2, 0.25) is 0 Å². The summed E-state index contributed by atoms with van der Waals surface area (Å²) in [6, 6.07) is 0.196. The Morgan fingerprint density at radius 2 is 1.97 bits per heavy atom. The molecule has 5 rings (SSSR count). The first-order valence-corrected chi connectivity index (χ1v) is 11.8. The minimum atomic E-state index is -0.694. The van der Waals surface area contributed by atoms with Crippen LogP contribution < -0.4 is 5.32 Å². The lowest BCUT2D eigenvalue weighted by atomic mass is 9.79. The number of fused-ring (bicyclic) bond motifs is 1. The molecule has 9 heteroatoms. The van der Waals surface area contributed by atoms with E-state index >= 15 is 0 Å². The third-order valence-electron chi connectivity index (χ3n) is 7.41. The predicted octanol–water partition coefficient (Wildman–Crippen LogP) is 3.30. The number of pyridine rings is 1. The Hall–Kier alpha value is -2.68. The monoisotopic (exact) mass is 441 g/mol. The summed E-state index contributed by atoms with van der Waals surface area (Å²) < 4.78 is 1.88. The first kappa shape index (κ1) is 21.2. The fourth-order valence-electron chi connectivity index (χ4n) is 5.38. The van der Waals surface area contributed by atoms with E-state index in [1.807, 2.05) is 24.0 Å². The smallest absolute Gasteiger partial charge is 0.306 e. The Morgan fingerprint density at radius 1 is 1.22 bits per heavy atom. The van der Waals surface area contributed by atoms with E-state index in [1.54, 1.807) is 0 Å². The van der Waals surface area contributed by atoms with Crippen molar-refractivity contribution in [2.45, 2.75) is 89.0 Å². The Balaban J connectivity index is 1.43. The second-order valence-electron chi connectivity index (χ2n) is 9.50. The Kier molecular flexibility index (Phi) is 5.53. The van der Waals surface area contributed by atoms with Gasteiger partial charge in [0.1, 0.15) is 5.60 Å². The van der Waals surface area contributed by atoms with Crippen LogP contribution in [0.5, 0.6) is 0 Å². The molecule has 32 heavy (non-hydrogen) atoms. The van der Waals surface area contributed by atoms with E-state index in [4.69, 9.17) is 9.82 Å². The first-order chi connectivity index (χ1) is 15.5. The van der Waals surface area contributed by atoms with Crippen molar-refractivity contribution in [3.63, 3.8) is 0 Å². The van der Waals surface area contributed by atoms with Crippen LogP contribution >= 0.6 is 0 Å². The zero-order chi connectivity index (χ0) is 22.3. The number of hydrogen-bond acceptors (Lipinski definition) is 7. The normalized spacial score (nSPS) is 30.3. The lowest BCUT2D eigenvalue weighted by molar-refractivity contribution is -0.142.